The maximum absolute atomic E-state index is 14.2. The SMILES string of the molecule is OC(c1cccc(F)c1)(c1cccc(F)c1)c1ccc(CN(Cc2ccccc2)C[C@H]2CCCO2)o1. The lowest BCUT2D eigenvalue weighted by atomic mass is 9.84. The predicted octanol–water partition coefficient (Wildman–Crippen LogP) is 6.02. The zero-order chi connectivity index (χ0) is 25.0. The standard InChI is InChI=1S/C30H29F2NO3/c31-25-11-4-9-23(17-25)30(34,24-10-5-12-26(32)18-24)29-15-14-28(36-29)21-33(20-27-13-6-16-35-27)19-22-7-2-1-3-8-22/h1-5,7-12,14-15,17-18,27,34H,6,13,16,19-21H2/t27-/m1/s1. The van der Waals surface area contributed by atoms with Crippen LogP contribution in [0.1, 0.15) is 41.1 Å². The normalized spacial score (nSPS) is 16.1. The molecule has 186 valence electrons. The first kappa shape index (κ1) is 24.4. The number of benzene rings is 3. The van der Waals surface area contributed by atoms with Crippen LogP contribution >= 0.6 is 0 Å². The van der Waals surface area contributed by atoms with Crippen molar-refractivity contribution in [3.8, 4) is 0 Å². The molecule has 0 spiro atoms. The molecule has 0 saturated carbocycles. The molecule has 4 aromatic rings. The summed E-state index contributed by atoms with van der Waals surface area (Å²) in [6, 6.07) is 25.0. The summed E-state index contributed by atoms with van der Waals surface area (Å²) < 4.78 is 40.4. The van der Waals surface area contributed by atoms with Crippen LogP contribution in [0, 0.1) is 11.6 Å². The van der Waals surface area contributed by atoms with Gasteiger partial charge in [0.25, 0.3) is 0 Å². The predicted molar refractivity (Wildman–Crippen MR) is 133 cm³/mol. The van der Waals surface area contributed by atoms with Crippen LogP contribution in [0.4, 0.5) is 8.78 Å². The minimum absolute atomic E-state index is 0.166. The largest absolute Gasteiger partial charge is 0.461 e. The van der Waals surface area contributed by atoms with Crippen molar-refractivity contribution in [2.75, 3.05) is 13.2 Å². The lowest BCUT2D eigenvalue weighted by Gasteiger charge is -2.28. The maximum atomic E-state index is 14.2. The average molecular weight is 490 g/mol. The fourth-order valence-corrected chi connectivity index (χ4v) is 4.86. The monoisotopic (exact) mass is 489 g/mol. The summed E-state index contributed by atoms with van der Waals surface area (Å²) in [6.45, 7) is 2.75. The van der Waals surface area contributed by atoms with E-state index >= 15 is 0 Å². The average Bonchev–Trinajstić information content (AvgIpc) is 3.57. The Balaban J connectivity index is 1.46. The number of rotatable bonds is 9. The van der Waals surface area contributed by atoms with Crippen molar-refractivity contribution in [1.29, 1.82) is 0 Å². The molecule has 1 atom stereocenters. The summed E-state index contributed by atoms with van der Waals surface area (Å²) in [5.41, 5.74) is -0.163. The zero-order valence-corrected chi connectivity index (χ0v) is 19.9. The molecule has 0 radical (unpaired) electrons. The molecular formula is C30H29F2NO3. The number of furan rings is 1. The molecule has 1 aliphatic rings. The summed E-state index contributed by atoms with van der Waals surface area (Å²) in [4.78, 5) is 2.26. The number of halogens is 2. The Morgan fingerprint density at radius 1 is 0.833 bits per heavy atom. The van der Waals surface area contributed by atoms with Gasteiger partial charge < -0.3 is 14.3 Å². The Kier molecular flexibility index (Phi) is 7.28. The highest BCUT2D eigenvalue weighted by Crippen LogP contribution is 2.38. The fraction of sp³-hybridized carbons (Fsp3) is 0.267. The summed E-state index contributed by atoms with van der Waals surface area (Å²) >= 11 is 0. The van der Waals surface area contributed by atoms with Gasteiger partial charge in [-0.1, -0.05) is 54.6 Å². The molecule has 0 amide bonds. The zero-order valence-electron chi connectivity index (χ0n) is 19.9. The van der Waals surface area contributed by atoms with Crippen LogP contribution in [0.15, 0.2) is 95.4 Å². The quantitative estimate of drug-likeness (QED) is 0.312. The fourth-order valence-electron chi connectivity index (χ4n) is 4.86. The third-order valence-corrected chi connectivity index (χ3v) is 6.62. The van der Waals surface area contributed by atoms with E-state index in [0.29, 0.717) is 12.3 Å². The van der Waals surface area contributed by atoms with Crippen molar-refractivity contribution in [3.63, 3.8) is 0 Å². The van der Waals surface area contributed by atoms with E-state index in [9.17, 15) is 13.9 Å². The van der Waals surface area contributed by atoms with Gasteiger partial charge in [-0.15, -0.1) is 0 Å². The van der Waals surface area contributed by atoms with Gasteiger partial charge in [-0.3, -0.25) is 4.90 Å². The first-order chi connectivity index (χ1) is 17.5. The highest BCUT2D eigenvalue weighted by molar-refractivity contribution is 5.44. The first-order valence-electron chi connectivity index (χ1n) is 12.2. The molecule has 0 unspecified atom stereocenters. The van der Waals surface area contributed by atoms with Crippen molar-refractivity contribution in [2.24, 2.45) is 0 Å². The van der Waals surface area contributed by atoms with Gasteiger partial charge in [0.15, 0.2) is 5.60 Å². The van der Waals surface area contributed by atoms with Crippen LogP contribution < -0.4 is 0 Å². The second-order valence-corrected chi connectivity index (χ2v) is 9.29. The molecule has 6 heteroatoms. The number of hydrogen-bond donors (Lipinski definition) is 1. The Bertz CT molecular complexity index is 1240. The van der Waals surface area contributed by atoms with Crippen molar-refractivity contribution in [2.45, 2.75) is 37.6 Å². The van der Waals surface area contributed by atoms with Crippen LogP contribution in [0.2, 0.25) is 0 Å². The van der Waals surface area contributed by atoms with Crippen molar-refractivity contribution in [3.05, 3.63) is 131 Å². The van der Waals surface area contributed by atoms with Gasteiger partial charge in [-0.2, -0.15) is 0 Å². The molecule has 1 fully saturated rings. The summed E-state index contributed by atoms with van der Waals surface area (Å²) in [5, 5.41) is 11.9. The summed E-state index contributed by atoms with van der Waals surface area (Å²) in [7, 11) is 0. The van der Waals surface area contributed by atoms with Gasteiger partial charge >= 0.3 is 0 Å². The van der Waals surface area contributed by atoms with E-state index in [2.05, 4.69) is 17.0 Å². The van der Waals surface area contributed by atoms with Gasteiger partial charge in [-0.25, -0.2) is 8.78 Å². The first-order valence-corrected chi connectivity index (χ1v) is 12.2. The third-order valence-electron chi connectivity index (χ3n) is 6.62. The highest BCUT2D eigenvalue weighted by Gasteiger charge is 2.38. The van der Waals surface area contributed by atoms with E-state index in [1.54, 1.807) is 18.2 Å². The summed E-state index contributed by atoms with van der Waals surface area (Å²) in [6.07, 6.45) is 2.25. The summed E-state index contributed by atoms with van der Waals surface area (Å²) in [5.74, 6) is -0.157. The Hall–Kier alpha value is -3.32. The van der Waals surface area contributed by atoms with Crippen LogP contribution in [-0.2, 0) is 23.4 Å². The van der Waals surface area contributed by atoms with Crippen molar-refractivity contribution >= 4 is 0 Å². The topological polar surface area (TPSA) is 45.8 Å². The molecule has 1 saturated heterocycles. The van der Waals surface area contributed by atoms with E-state index in [0.717, 1.165) is 32.5 Å². The molecule has 1 N–H and O–H groups in total. The smallest absolute Gasteiger partial charge is 0.173 e. The second kappa shape index (κ2) is 10.7. The molecule has 5 rings (SSSR count). The molecule has 1 aromatic heterocycles. The Morgan fingerprint density at radius 2 is 1.53 bits per heavy atom. The van der Waals surface area contributed by atoms with E-state index < -0.39 is 17.2 Å². The van der Waals surface area contributed by atoms with Crippen LogP contribution in [0.5, 0.6) is 0 Å². The van der Waals surface area contributed by atoms with Crippen molar-refractivity contribution in [1.82, 2.24) is 4.90 Å². The molecule has 4 nitrogen and oxygen atoms in total. The van der Waals surface area contributed by atoms with Gasteiger partial charge in [0, 0.05) is 19.7 Å². The van der Waals surface area contributed by atoms with Gasteiger partial charge in [0.05, 0.1) is 12.6 Å². The number of hydrogen-bond acceptors (Lipinski definition) is 4. The molecule has 2 heterocycles. The molecule has 3 aromatic carbocycles. The lowest BCUT2D eigenvalue weighted by molar-refractivity contribution is 0.0629. The molecule has 0 aliphatic carbocycles. The minimum Gasteiger partial charge on any atom is -0.461 e. The number of nitrogens with zero attached hydrogens (tertiary/aromatic N) is 1. The molecule has 36 heavy (non-hydrogen) atoms. The minimum atomic E-state index is -1.86. The van der Waals surface area contributed by atoms with E-state index in [-0.39, 0.29) is 23.0 Å². The number of ether oxygens (including phenoxy) is 1. The van der Waals surface area contributed by atoms with Crippen LogP contribution in [0.3, 0.4) is 0 Å². The van der Waals surface area contributed by atoms with E-state index in [1.807, 2.05) is 24.3 Å². The van der Waals surface area contributed by atoms with Crippen LogP contribution in [0.25, 0.3) is 0 Å². The van der Waals surface area contributed by atoms with Gasteiger partial charge in [0.2, 0.25) is 0 Å². The van der Waals surface area contributed by atoms with Crippen molar-refractivity contribution < 1.29 is 23.0 Å². The van der Waals surface area contributed by atoms with E-state index in [1.165, 1.54) is 42.0 Å². The third kappa shape index (κ3) is 5.41. The maximum Gasteiger partial charge on any atom is 0.173 e. The molecular weight excluding hydrogens is 460 g/mol. The molecule has 0 bridgehead atoms. The highest BCUT2D eigenvalue weighted by atomic mass is 19.1. The lowest BCUT2D eigenvalue weighted by Crippen LogP contribution is -2.31. The van der Waals surface area contributed by atoms with E-state index in [4.69, 9.17) is 9.15 Å². The number of aliphatic hydroxyl groups is 1. The second-order valence-electron chi connectivity index (χ2n) is 9.29. The van der Waals surface area contributed by atoms with Crippen LogP contribution in [-0.4, -0.2) is 29.3 Å². The Labute approximate surface area is 209 Å². The van der Waals surface area contributed by atoms with Gasteiger partial charge in [0.1, 0.15) is 23.2 Å². The Morgan fingerprint density at radius 3 is 2.14 bits per heavy atom. The molecule has 1 aliphatic heterocycles. The van der Waals surface area contributed by atoms with Gasteiger partial charge in [-0.05, 0) is 65.9 Å².